The van der Waals surface area contributed by atoms with E-state index in [4.69, 9.17) is 9.84 Å². The van der Waals surface area contributed by atoms with Crippen molar-refractivity contribution in [3.05, 3.63) is 29.8 Å². The Morgan fingerprint density at radius 3 is 2.61 bits per heavy atom. The summed E-state index contributed by atoms with van der Waals surface area (Å²) in [4.78, 5) is 38.5. The van der Waals surface area contributed by atoms with Crippen molar-refractivity contribution in [2.24, 2.45) is 5.92 Å². The molecule has 0 bridgehead atoms. The molecule has 3 rings (SSSR count). The standard InChI is InChI=1S/C24H35N3O6/c28-16-19(25-23(30)20(26-24(31)32)14-17-6-2-1-3-7-17)10-11-22(29)27-12-13-33-21-9-5-4-8-18(21)15-27/h4-5,8-9,17,19-20,26,28H,1-3,6-7,10-16H2,(H,25,30)(H,31,32). The highest BCUT2D eigenvalue weighted by Gasteiger charge is 2.28. The molecule has 2 aliphatic rings. The van der Waals surface area contributed by atoms with Crippen LogP contribution in [-0.2, 0) is 16.1 Å². The van der Waals surface area contributed by atoms with Gasteiger partial charge in [-0.3, -0.25) is 9.59 Å². The summed E-state index contributed by atoms with van der Waals surface area (Å²) in [5.41, 5.74) is 0.945. The lowest BCUT2D eigenvalue weighted by atomic mass is 9.84. The van der Waals surface area contributed by atoms with Crippen LogP contribution in [0.25, 0.3) is 0 Å². The maximum atomic E-state index is 12.8. The number of hydrogen-bond acceptors (Lipinski definition) is 5. The van der Waals surface area contributed by atoms with E-state index in [1.165, 1.54) is 6.42 Å². The van der Waals surface area contributed by atoms with Gasteiger partial charge in [0.05, 0.1) is 19.2 Å². The molecule has 9 heteroatoms. The van der Waals surface area contributed by atoms with E-state index >= 15 is 0 Å². The molecular formula is C24H35N3O6. The molecule has 1 saturated carbocycles. The Bertz CT molecular complexity index is 811. The van der Waals surface area contributed by atoms with E-state index in [0.717, 1.165) is 37.0 Å². The fraction of sp³-hybridized carbons (Fsp3) is 0.625. The molecule has 182 valence electrons. The number of para-hydroxylation sites is 1. The summed E-state index contributed by atoms with van der Waals surface area (Å²) >= 11 is 0. The SMILES string of the molecule is O=C(O)NC(CC1CCCCC1)C(=O)NC(CO)CCC(=O)N1CCOc2ccccc2C1. The number of aliphatic hydroxyl groups excluding tert-OH is 1. The molecule has 0 radical (unpaired) electrons. The largest absolute Gasteiger partial charge is 0.491 e. The van der Waals surface area contributed by atoms with Crippen LogP contribution in [0.4, 0.5) is 4.79 Å². The minimum absolute atomic E-state index is 0.0783. The summed E-state index contributed by atoms with van der Waals surface area (Å²) in [6, 6.07) is 6.12. The number of benzene rings is 1. The summed E-state index contributed by atoms with van der Waals surface area (Å²) < 4.78 is 5.70. The molecule has 9 nitrogen and oxygen atoms in total. The monoisotopic (exact) mass is 461 g/mol. The fourth-order valence-corrected chi connectivity index (χ4v) is 4.64. The molecule has 1 aromatic carbocycles. The summed E-state index contributed by atoms with van der Waals surface area (Å²) in [7, 11) is 0. The molecule has 4 N–H and O–H groups in total. The second kappa shape index (κ2) is 12.4. The molecule has 33 heavy (non-hydrogen) atoms. The number of rotatable bonds is 9. The Hall–Kier alpha value is -2.81. The Balaban J connectivity index is 1.52. The number of hydrogen-bond donors (Lipinski definition) is 4. The van der Waals surface area contributed by atoms with Gasteiger partial charge in [-0.25, -0.2) is 4.79 Å². The predicted octanol–water partition coefficient (Wildman–Crippen LogP) is 2.27. The first kappa shape index (κ1) is 24.8. The third kappa shape index (κ3) is 7.63. The van der Waals surface area contributed by atoms with Crippen LogP contribution in [0.2, 0.25) is 0 Å². The number of nitrogens with zero attached hydrogens (tertiary/aromatic N) is 1. The van der Waals surface area contributed by atoms with Crippen molar-refractivity contribution in [1.82, 2.24) is 15.5 Å². The molecule has 0 aromatic heterocycles. The van der Waals surface area contributed by atoms with Crippen LogP contribution in [0, 0.1) is 5.92 Å². The van der Waals surface area contributed by atoms with Crippen LogP contribution < -0.4 is 15.4 Å². The van der Waals surface area contributed by atoms with E-state index in [1.54, 1.807) is 4.90 Å². The van der Waals surface area contributed by atoms with Gasteiger partial charge in [-0.15, -0.1) is 0 Å². The summed E-state index contributed by atoms with van der Waals surface area (Å²) in [5, 5.41) is 24.0. The zero-order valence-electron chi connectivity index (χ0n) is 19.0. The number of carbonyl (C=O) groups is 3. The smallest absolute Gasteiger partial charge is 0.405 e. The van der Waals surface area contributed by atoms with Gasteiger partial charge in [0.15, 0.2) is 0 Å². The van der Waals surface area contributed by atoms with Crippen molar-refractivity contribution in [2.45, 2.75) is 70.0 Å². The summed E-state index contributed by atoms with van der Waals surface area (Å²) in [5.74, 6) is 0.559. The Kier molecular flexibility index (Phi) is 9.35. The van der Waals surface area contributed by atoms with Gasteiger partial charge in [0.2, 0.25) is 11.8 Å². The van der Waals surface area contributed by atoms with Gasteiger partial charge in [0.1, 0.15) is 18.4 Å². The number of amides is 3. The van der Waals surface area contributed by atoms with Crippen molar-refractivity contribution in [3.8, 4) is 5.75 Å². The van der Waals surface area contributed by atoms with E-state index in [-0.39, 0.29) is 25.4 Å². The fourth-order valence-electron chi connectivity index (χ4n) is 4.64. The zero-order chi connectivity index (χ0) is 23.6. The number of fused-ring (bicyclic) bond motifs is 1. The van der Waals surface area contributed by atoms with Crippen LogP contribution in [0.1, 0.15) is 56.9 Å². The van der Waals surface area contributed by atoms with E-state index in [0.29, 0.717) is 32.0 Å². The predicted molar refractivity (Wildman–Crippen MR) is 122 cm³/mol. The molecule has 1 aliphatic heterocycles. The van der Waals surface area contributed by atoms with Crippen molar-refractivity contribution in [1.29, 1.82) is 0 Å². The quantitative estimate of drug-likeness (QED) is 0.447. The first-order valence-electron chi connectivity index (χ1n) is 11.9. The summed E-state index contributed by atoms with van der Waals surface area (Å²) in [6.07, 6.45) is 4.98. The van der Waals surface area contributed by atoms with E-state index < -0.39 is 24.1 Å². The number of ether oxygens (including phenoxy) is 1. The van der Waals surface area contributed by atoms with Gasteiger partial charge in [0.25, 0.3) is 0 Å². The van der Waals surface area contributed by atoms with Crippen LogP contribution in [0.5, 0.6) is 5.75 Å². The molecule has 3 amide bonds. The molecule has 1 aliphatic carbocycles. The highest BCUT2D eigenvalue weighted by atomic mass is 16.5. The Morgan fingerprint density at radius 1 is 1.12 bits per heavy atom. The number of carbonyl (C=O) groups excluding carboxylic acids is 2. The lowest BCUT2D eigenvalue weighted by Crippen LogP contribution is -2.51. The van der Waals surface area contributed by atoms with Crippen LogP contribution >= 0.6 is 0 Å². The topological polar surface area (TPSA) is 128 Å². The Labute approximate surface area is 194 Å². The average molecular weight is 462 g/mol. The highest BCUT2D eigenvalue weighted by Crippen LogP contribution is 2.27. The minimum atomic E-state index is -1.25. The molecular weight excluding hydrogens is 426 g/mol. The molecule has 1 fully saturated rings. The normalized spacial score (nSPS) is 18.3. The van der Waals surface area contributed by atoms with E-state index in [2.05, 4.69) is 10.6 Å². The van der Waals surface area contributed by atoms with Gasteiger partial charge in [-0.2, -0.15) is 0 Å². The molecule has 1 heterocycles. The number of aliphatic hydroxyl groups is 1. The average Bonchev–Trinajstić information content (AvgIpc) is 3.04. The lowest BCUT2D eigenvalue weighted by Gasteiger charge is -2.27. The van der Waals surface area contributed by atoms with Gasteiger partial charge in [-0.1, -0.05) is 50.3 Å². The van der Waals surface area contributed by atoms with E-state index in [9.17, 15) is 19.5 Å². The maximum Gasteiger partial charge on any atom is 0.405 e. The molecule has 0 saturated heterocycles. The van der Waals surface area contributed by atoms with E-state index in [1.807, 2.05) is 24.3 Å². The minimum Gasteiger partial charge on any atom is -0.491 e. The number of carboxylic acid groups (broad SMARTS) is 1. The van der Waals surface area contributed by atoms with Crippen molar-refractivity contribution >= 4 is 17.9 Å². The van der Waals surface area contributed by atoms with Crippen molar-refractivity contribution < 1.29 is 29.3 Å². The lowest BCUT2D eigenvalue weighted by molar-refractivity contribution is -0.132. The van der Waals surface area contributed by atoms with Gasteiger partial charge in [0, 0.05) is 18.5 Å². The molecule has 1 aromatic rings. The van der Waals surface area contributed by atoms with Gasteiger partial charge >= 0.3 is 6.09 Å². The molecule has 0 spiro atoms. The summed E-state index contributed by atoms with van der Waals surface area (Å²) in [6.45, 7) is 1.01. The molecule has 2 atom stereocenters. The third-order valence-electron chi connectivity index (χ3n) is 6.49. The zero-order valence-corrected chi connectivity index (χ0v) is 19.0. The second-order valence-corrected chi connectivity index (χ2v) is 8.94. The highest BCUT2D eigenvalue weighted by molar-refractivity contribution is 5.85. The van der Waals surface area contributed by atoms with Crippen LogP contribution in [0.15, 0.2) is 24.3 Å². The maximum absolute atomic E-state index is 12.8. The Morgan fingerprint density at radius 2 is 1.88 bits per heavy atom. The first-order chi connectivity index (χ1) is 16.0. The van der Waals surface area contributed by atoms with Crippen LogP contribution in [0.3, 0.4) is 0 Å². The molecule has 2 unspecified atom stereocenters. The first-order valence-corrected chi connectivity index (χ1v) is 11.9. The second-order valence-electron chi connectivity index (χ2n) is 8.94. The van der Waals surface area contributed by atoms with Crippen molar-refractivity contribution in [2.75, 3.05) is 19.8 Å². The third-order valence-corrected chi connectivity index (χ3v) is 6.49. The van der Waals surface area contributed by atoms with Gasteiger partial charge in [-0.05, 0) is 24.8 Å². The number of nitrogens with one attached hydrogen (secondary N) is 2. The van der Waals surface area contributed by atoms with Gasteiger partial charge < -0.3 is 30.5 Å². The van der Waals surface area contributed by atoms with Crippen molar-refractivity contribution in [3.63, 3.8) is 0 Å². The van der Waals surface area contributed by atoms with Crippen LogP contribution in [-0.4, -0.2) is 64.9 Å².